The van der Waals surface area contributed by atoms with Crippen LogP contribution in [-0.4, -0.2) is 19.6 Å². The zero-order chi connectivity index (χ0) is 9.97. The normalized spacial score (nSPS) is 10.4. The lowest BCUT2D eigenvalue weighted by Gasteiger charge is -2.02. The standard InChI is InChI=1S/C9H13N5/c1-13-6-4-9(12-13)10-7-8-3-5-11-14(8)2/h3-6H,7H2,1-2H3,(H,10,12). The number of aromatic nitrogens is 4. The summed E-state index contributed by atoms with van der Waals surface area (Å²) < 4.78 is 3.61. The highest BCUT2D eigenvalue weighted by Gasteiger charge is 1.99. The van der Waals surface area contributed by atoms with Gasteiger partial charge in [0, 0.05) is 32.6 Å². The maximum absolute atomic E-state index is 4.22. The summed E-state index contributed by atoms with van der Waals surface area (Å²) in [6, 6.07) is 3.92. The quantitative estimate of drug-likeness (QED) is 0.779. The molecule has 0 unspecified atom stereocenters. The van der Waals surface area contributed by atoms with Crippen LogP contribution in [0.4, 0.5) is 5.82 Å². The van der Waals surface area contributed by atoms with Crippen LogP contribution in [-0.2, 0) is 20.6 Å². The first-order valence-electron chi connectivity index (χ1n) is 4.46. The first-order valence-corrected chi connectivity index (χ1v) is 4.46. The minimum atomic E-state index is 0.744. The number of aryl methyl sites for hydroxylation is 2. The average Bonchev–Trinajstić information content (AvgIpc) is 2.72. The Bertz CT molecular complexity index is 414. The molecule has 0 atom stereocenters. The molecule has 5 heteroatoms. The van der Waals surface area contributed by atoms with Crippen molar-refractivity contribution in [2.75, 3.05) is 5.32 Å². The van der Waals surface area contributed by atoms with E-state index >= 15 is 0 Å². The van der Waals surface area contributed by atoms with Gasteiger partial charge in [-0.1, -0.05) is 0 Å². The number of hydrogen-bond donors (Lipinski definition) is 1. The number of rotatable bonds is 3. The Morgan fingerprint density at radius 2 is 2.21 bits per heavy atom. The fourth-order valence-corrected chi connectivity index (χ4v) is 1.27. The minimum Gasteiger partial charge on any atom is -0.363 e. The average molecular weight is 191 g/mol. The predicted octanol–water partition coefficient (Wildman–Crippen LogP) is 0.766. The molecule has 0 saturated heterocycles. The van der Waals surface area contributed by atoms with Gasteiger partial charge in [-0.2, -0.15) is 10.2 Å². The maximum atomic E-state index is 4.22. The first-order chi connectivity index (χ1) is 6.75. The van der Waals surface area contributed by atoms with Gasteiger partial charge in [0.15, 0.2) is 0 Å². The van der Waals surface area contributed by atoms with Crippen LogP contribution in [0.5, 0.6) is 0 Å². The lowest BCUT2D eigenvalue weighted by molar-refractivity contribution is 0.717. The summed E-state index contributed by atoms with van der Waals surface area (Å²) in [6.07, 6.45) is 3.70. The minimum absolute atomic E-state index is 0.744. The van der Waals surface area contributed by atoms with Crippen molar-refractivity contribution < 1.29 is 0 Å². The van der Waals surface area contributed by atoms with Gasteiger partial charge >= 0.3 is 0 Å². The van der Waals surface area contributed by atoms with Crippen molar-refractivity contribution in [1.82, 2.24) is 19.6 Å². The van der Waals surface area contributed by atoms with E-state index in [1.165, 1.54) is 0 Å². The molecule has 0 radical (unpaired) electrons. The number of nitrogens with zero attached hydrogens (tertiary/aromatic N) is 4. The number of hydrogen-bond acceptors (Lipinski definition) is 3. The molecular formula is C9H13N5. The van der Waals surface area contributed by atoms with Gasteiger partial charge in [0.2, 0.25) is 0 Å². The van der Waals surface area contributed by atoms with E-state index in [4.69, 9.17) is 0 Å². The third kappa shape index (κ3) is 1.76. The summed E-state index contributed by atoms with van der Waals surface area (Å²) in [4.78, 5) is 0. The third-order valence-corrected chi connectivity index (χ3v) is 2.09. The third-order valence-electron chi connectivity index (χ3n) is 2.09. The van der Waals surface area contributed by atoms with E-state index in [-0.39, 0.29) is 0 Å². The van der Waals surface area contributed by atoms with Gasteiger partial charge in [0.25, 0.3) is 0 Å². The summed E-state index contributed by atoms with van der Waals surface area (Å²) in [5.41, 5.74) is 1.13. The van der Waals surface area contributed by atoms with E-state index < -0.39 is 0 Å². The van der Waals surface area contributed by atoms with E-state index in [1.807, 2.05) is 37.1 Å². The molecule has 0 aliphatic rings. The lowest BCUT2D eigenvalue weighted by Crippen LogP contribution is -2.05. The van der Waals surface area contributed by atoms with Crippen LogP contribution in [0.2, 0.25) is 0 Å². The van der Waals surface area contributed by atoms with Gasteiger partial charge in [0.05, 0.1) is 12.2 Å². The zero-order valence-electron chi connectivity index (χ0n) is 8.31. The van der Waals surface area contributed by atoms with Gasteiger partial charge in [-0.05, 0) is 6.07 Å². The van der Waals surface area contributed by atoms with Crippen molar-refractivity contribution in [2.45, 2.75) is 6.54 Å². The van der Waals surface area contributed by atoms with E-state index in [0.29, 0.717) is 0 Å². The SMILES string of the molecule is Cn1ccc(NCc2ccnn2C)n1. The van der Waals surface area contributed by atoms with Crippen LogP contribution in [0, 0.1) is 0 Å². The van der Waals surface area contributed by atoms with E-state index in [2.05, 4.69) is 15.5 Å². The first kappa shape index (κ1) is 8.80. The van der Waals surface area contributed by atoms with Crippen molar-refractivity contribution in [2.24, 2.45) is 14.1 Å². The smallest absolute Gasteiger partial charge is 0.148 e. The molecule has 0 aliphatic carbocycles. The van der Waals surface area contributed by atoms with Crippen molar-refractivity contribution in [3.05, 3.63) is 30.2 Å². The Morgan fingerprint density at radius 1 is 1.36 bits per heavy atom. The highest BCUT2D eigenvalue weighted by Crippen LogP contribution is 2.04. The molecule has 0 amide bonds. The molecule has 14 heavy (non-hydrogen) atoms. The molecule has 0 fully saturated rings. The molecule has 2 aromatic rings. The van der Waals surface area contributed by atoms with Gasteiger partial charge in [-0.15, -0.1) is 0 Å². The summed E-state index contributed by atoms with van der Waals surface area (Å²) in [5.74, 6) is 0.883. The molecule has 2 aromatic heterocycles. The molecule has 1 N–H and O–H groups in total. The summed E-state index contributed by atoms with van der Waals surface area (Å²) in [6.45, 7) is 0.744. The summed E-state index contributed by atoms with van der Waals surface area (Å²) in [5, 5.41) is 11.5. The predicted molar refractivity (Wildman–Crippen MR) is 53.7 cm³/mol. The molecule has 2 heterocycles. The van der Waals surface area contributed by atoms with Gasteiger partial charge < -0.3 is 5.32 Å². The van der Waals surface area contributed by atoms with Crippen LogP contribution in [0.25, 0.3) is 0 Å². The molecular weight excluding hydrogens is 178 g/mol. The Labute approximate surface area is 82.3 Å². The van der Waals surface area contributed by atoms with Crippen molar-refractivity contribution in [1.29, 1.82) is 0 Å². The van der Waals surface area contributed by atoms with E-state index in [9.17, 15) is 0 Å². The number of nitrogens with one attached hydrogen (secondary N) is 1. The van der Waals surface area contributed by atoms with E-state index in [1.54, 1.807) is 10.9 Å². The summed E-state index contributed by atoms with van der Waals surface area (Å²) in [7, 11) is 3.82. The molecule has 0 bridgehead atoms. The highest BCUT2D eigenvalue weighted by atomic mass is 15.3. The van der Waals surface area contributed by atoms with Crippen LogP contribution < -0.4 is 5.32 Å². The monoisotopic (exact) mass is 191 g/mol. The van der Waals surface area contributed by atoms with Crippen molar-refractivity contribution >= 4 is 5.82 Å². The van der Waals surface area contributed by atoms with Crippen LogP contribution in [0.15, 0.2) is 24.5 Å². The molecule has 0 spiro atoms. The van der Waals surface area contributed by atoms with Crippen molar-refractivity contribution in [3.63, 3.8) is 0 Å². The van der Waals surface area contributed by atoms with Crippen molar-refractivity contribution in [3.8, 4) is 0 Å². The molecule has 0 saturated carbocycles. The molecule has 5 nitrogen and oxygen atoms in total. The second-order valence-electron chi connectivity index (χ2n) is 3.17. The zero-order valence-corrected chi connectivity index (χ0v) is 8.31. The topological polar surface area (TPSA) is 47.7 Å². The Kier molecular flexibility index (Phi) is 2.22. The van der Waals surface area contributed by atoms with Gasteiger partial charge in [-0.25, -0.2) is 0 Å². The summed E-state index contributed by atoms with van der Waals surface area (Å²) >= 11 is 0. The molecule has 0 aliphatic heterocycles. The van der Waals surface area contributed by atoms with Gasteiger partial charge in [0.1, 0.15) is 5.82 Å². The highest BCUT2D eigenvalue weighted by molar-refractivity contribution is 5.32. The molecule has 2 rings (SSSR count). The lowest BCUT2D eigenvalue weighted by atomic mass is 10.4. The fraction of sp³-hybridized carbons (Fsp3) is 0.333. The second-order valence-corrected chi connectivity index (χ2v) is 3.17. The Balaban J connectivity index is 1.98. The van der Waals surface area contributed by atoms with E-state index in [0.717, 1.165) is 18.1 Å². The molecule has 74 valence electrons. The second kappa shape index (κ2) is 3.53. The Morgan fingerprint density at radius 3 is 2.79 bits per heavy atom. The largest absolute Gasteiger partial charge is 0.363 e. The van der Waals surface area contributed by atoms with Crippen LogP contribution in [0.3, 0.4) is 0 Å². The Hall–Kier alpha value is -1.78. The molecule has 0 aromatic carbocycles. The maximum Gasteiger partial charge on any atom is 0.148 e. The number of anilines is 1. The van der Waals surface area contributed by atoms with Crippen LogP contribution >= 0.6 is 0 Å². The fourth-order valence-electron chi connectivity index (χ4n) is 1.27. The van der Waals surface area contributed by atoms with Crippen LogP contribution in [0.1, 0.15) is 5.69 Å². The van der Waals surface area contributed by atoms with Gasteiger partial charge in [-0.3, -0.25) is 9.36 Å².